The SMILES string of the molecule is Cc1ccccc1C(=O)NC(CC(C)C)C(=O)NCC(c1ccc(F)cc1)N(C)C. The van der Waals surface area contributed by atoms with Gasteiger partial charge in [-0.25, -0.2) is 4.39 Å². The van der Waals surface area contributed by atoms with E-state index in [9.17, 15) is 14.0 Å². The lowest BCUT2D eigenvalue weighted by Gasteiger charge is -2.27. The fraction of sp³-hybridized carbons (Fsp3) is 0.417. The number of carbonyl (C=O) groups is 2. The second-order valence-electron chi connectivity index (χ2n) is 8.25. The molecular formula is C24H32FN3O2. The lowest BCUT2D eigenvalue weighted by molar-refractivity contribution is -0.123. The third kappa shape index (κ3) is 6.66. The third-order valence-electron chi connectivity index (χ3n) is 5.07. The maximum atomic E-state index is 13.3. The van der Waals surface area contributed by atoms with E-state index in [4.69, 9.17) is 0 Å². The van der Waals surface area contributed by atoms with E-state index in [1.54, 1.807) is 18.2 Å². The van der Waals surface area contributed by atoms with Gasteiger partial charge in [0.15, 0.2) is 0 Å². The van der Waals surface area contributed by atoms with Crippen molar-refractivity contribution in [2.45, 2.75) is 39.3 Å². The molecule has 0 aliphatic heterocycles. The Balaban J connectivity index is 2.09. The molecule has 0 fully saturated rings. The average molecular weight is 414 g/mol. The van der Waals surface area contributed by atoms with E-state index in [1.807, 2.05) is 58.0 Å². The molecule has 2 aromatic carbocycles. The Hall–Kier alpha value is -2.73. The molecule has 30 heavy (non-hydrogen) atoms. The molecule has 5 nitrogen and oxygen atoms in total. The van der Waals surface area contributed by atoms with Gasteiger partial charge in [-0.2, -0.15) is 0 Å². The van der Waals surface area contributed by atoms with Crippen molar-refractivity contribution in [1.29, 1.82) is 0 Å². The number of nitrogens with zero attached hydrogens (tertiary/aromatic N) is 1. The van der Waals surface area contributed by atoms with Gasteiger partial charge in [0.2, 0.25) is 5.91 Å². The minimum Gasteiger partial charge on any atom is -0.352 e. The Kier molecular flexibility index (Phi) is 8.54. The van der Waals surface area contributed by atoms with Gasteiger partial charge in [-0.05, 0) is 62.7 Å². The van der Waals surface area contributed by atoms with Gasteiger partial charge in [0.1, 0.15) is 11.9 Å². The summed E-state index contributed by atoms with van der Waals surface area (Å²) in [4.78, 5) is 27.6. The smallest absolute Gasteiger partial charge is 0.252 e. The number of likely N-dealkylation sites (N-methyl/N-ethyl adjacent to an activating group) is 1. The van der Waals surface area contributed by atoms with E-state index in [-0.39, 0.29) is 29.6 Å². The zero-order valence-electron chi connectivity index (χ0n) is 18.4. The van der Waals surface area contributed by atoms with Crippen molar-refractivity contribution in [3.8, 4) is 0 Å². The Morgan fingerprint density at radius 3 is 2.23 bits per heavy atom. The minimum atomic E-state index is -0.631. The molecule has 0 spiro atoms. The predicted molar refractivity (Wildman–Crippen MR) is 118 cm³/mol. The van der Waals surface area contributed by atoms with Crippen LogP contribution in [0.4, 0.5) is 4.39 Å². The molecule has 2 aromatic rings. The first-order chi connectivity index (χ1) is 14.2. The molecule has 0 aliphatic carbocycles. The summed E-state index contributed by atoms with van der Waals surface area (Å²) >= 11 is 0. The number of nitrogens with one attached hydrogen (secondary N) is 2. The van der Waals surface area contributed by atoms with Crippen LogP contribution in [-0.2, 0) is 4.79 Å². The number of hydrogen-bond acceptors (Lipinski definition) is 3. The van der Waals surface area contributed by atoms with Crippen LogP contribution < -0.4 is 10.6 Å². The fourth-order valence-electron chi connectivity index (χ4n) is 3.37. The molecule has 0 heterocycles. The molecule has 162 valence electrons. The van der Waals surface area contributed by atoms with Crippen molar-refractivity contribution < 1.29 is 14.0 Å². The van der Waals surface area contributed by atoms with Crippen LogP contribution in [-0.4, -0.2) is 43.4 Å². The van der Waals surface area contributed by atoms with Gasteiger partial charge in [-0.15, -0.1) is 0 Å². The Morgan fingerprint density at radius 2 is 1.67 bits per heavy atom. The normalized spacial score (nSPS) is 13.2. The molecule has 6 heteroatoms. The van der Waals surface area contributed by atoms with Gasteiger partial charge in [-0.3, -0.25) is 9.59 Å². The molecule has 2 amide bonds. The number of halogens is 1. The fourth-order valence-corrected chi connectivity index (χ4v) is 3.37. The molecule has 0 saturated carbocycles. The van der Waals surface area contributed by atoms with Crippen molar-refractivity contribution >= 4 is 11.8 Å². The summed E-state index contributed by atoms with van der Waals surface area (Å²) in [7, 11) is 3.82. The maximum Gasteiger partial charge on any atom is 0.252 e. The molecule has 2 N–H and O–H groups in total. The van der Waals surface area contributed by atoms with Crippen LogP contribution >= 0.6 is 0 Å². The number of benzene rings is 2. The minimum absolute atomic E-state index is 0.110. The highest BCUT2D eigenvalue weighted by Gasteiger charge is 2.24. The van der Waals surface area contributed by atoms with E-state index in [0.29, 0.717) is 18.5 Å². The zero-order chi connectivity index (χ0) is 22.3. The van der Waals surface area contributed by atoms with Crippen LogP contribution in [0.15, 0.2) is 48.5 Å². The summed E-state index contributed by atoms with van der Waals surface area (Å²) in [6.07, 6.45) is 0.534. The molecule has 2 atom stereocenters. The quantitative estimate of drug-likeness (QED) is 0.659. The maximum absolute atomic E-state index is 13.3. The molecular weight excluding hydrogens is 381 g/mol. The van der Waals surface area contributed by atoms with Crippen LogP contribution in [0.1, 0.15) is 47.8 Å². The van der Waals surface area contributed by atoms with E-state index in [2.05, 4.69) is 10.6 Å². The van der Waals surface area contributed by atoms with Gasteiger partial charge in [0.05, 0.1) is 6.04 Å². The van der Waals surface area contributed by atoms with Crippen molar-refractivity contribution in [3.05, 3.63) is 71.0 Å². The third-order valence-corrected chi connectivity index (χ3v) is 5.07. The van der Waals surface area contributed by atoms with E-state index >= 15 is 0 Å². The largest absolute Gasteiger partial charge is 0.352 e. The Bertz CT molecular complexity index is 850. The highest BCUT2D eigenvalue weighted by atomic mass is 19.1. The highest BCUT2D eigenvalue weighted by Crippen LogP contribution is 2.18. The van der Waals surface area contributed by atoms with Crippen LogP contribution in [0.25, 0.3) is 0 Å². The first-order valence-corrected chi connectivity index (χ1v) is 10.2. The average Bonchev–Trinajstić information content (AvgIpc) is 2.68. The first-order valence-electron chi connectivity index (χ1n) is 10.2. The summed E-state index contributed by atoms with van der Waals surface area (Å²) < 4.78 is 13.3. The van der Waals surface area contributed by atoms with Crippen molar-refractivity contribution in [2.24, 2.45) is 5.92 Å². The molecule has 0 aliphatic rings. The number of amides is 2. The van der Waals surface area contributed by atoms with Crippen molar-refractivity contribution in [3.63, 3.8) is 0 Å². The second-order valence-corrected chi connectivity index (χ2v) is 8.25. The highest BCUT2D eigenvalue weighted by molar-refractivity contribution is 5.98. The summed E-state index contributed by atoms with van der Waals surface area (Å²) in [6.45, 7) is 6.26. The van der Waals surface area contributed by atoms with E-state index in [1.165, 1.54) is 12.1 Å². The number of rotatable bonds is 9. The molecule has 0 radical (unpaired) electrons. The van der Waals surface area contributed by atoms with Crippen LogP contribution in [0.5, 0.6) is 0 Å². The summed E-state index contributed by atoms with van der Waals surface area (Å²) in [5.74, 6) is -0.535. The van der Waals surface area contributed by atoms with Crippen LogP contribution in [0.2, 0.25) is 0 Å². The van der Waals surface area contributed by atoms with Crippen molar-refractivity contribution in [2.75, 3.05) is 20.6 Å². The Labute approximate surface area is 178 Å². The van der Waals surface area contributed by atoms with Gasteiger partial charge < -0.3 is 15.5 Å². The molecule has 2 unspecified atom stereocenters. The van der Waals surface area contributed by atoms with Gasteiger partial charge in [-0.1, -0.05) is 44.2 Å². The Morgan fingerprint density at radius 1 is 1.03 bits per heavy atom. The summed E-state index contributed by atoms with van der Waals surface area (Å²) in [5, 5.41) is 5.86. The monoisotopic (exact) mass is 413 g/mol. The van der Waals surface area contributed by atoms with Gasteiger partial charge >= 0.3 is 0 Å². The topological polar surface area (TPSA) is 61.4 Å². The molecule has 0 aromatic heterocycles. The molecule has 0 bridgehead atoms. The standard InChI is InChI=1S/C24H32FN3O2/c1-16(2)14-21(27-23(29)20-9-7-6-8-17(20)3)24(30)26-15-22(28(4)5)18-10-12-19(25)13-11-18/h6-13,16,21-22H,14-15H2,1-5H3,(H,26,30)(H,27,29). The number of carbonyl (C=O) groups excluding carboxylic acids is 2. The van der Waals surface area contributed by atoms with Gasteiger partial charge in [0, 0.05) is 12.1 Å². The van der Waals surface area contributed by atoms with Crippen molar-refractivity contribution in [1.82, 2.24) is 15.5 Å². The summed E-state index contributed by atoms with van der Waals surface area (Å²) in [5.41, 5.74) is 2.34. The van der Waals surface area contributed by atoms with Crippen LogP contribution in [0, 0.1) is 18.7 Å². The van der Waals surface area contributed by atoms with Gasteiger partial charge in [0.25, 0.3) is 5.91 Å². The van der Waals surface area contributed by atoms with E-state index < -0.39 is 6.04 Å². The van der Waals surface area contributed by atoms with Crippen LogP contribution in [0.3, 0.4) is 0 Å². The first kappa shape index (κ1) is 23.5. The number of aryl methyl sites for hydroxylation is 1. The lowest BCUT2D eigenvalue weighted by atomic mass is 10.0. The second kappa shape index (κ2) is 10.9. The molecule has 0 saturated heterocycles. The van der Waals surface area contributed by atoms with E-state index in [0.717, 1.165) is 11.1 Å². The lowest BCUT2D eigenvalue weighted by Crippen LogP contribution is -2.49. The molecule has 2 rings (SSSR count). The zero-order valence-corrected chi connectivity index (χ0v) is 18.4. The number of hydrogen-bond donors (Lipinski definition) is 2. The summed E-state index contributed by atoms with van der Waals surface area (Å²) in [6, 6.07) is 12.8. The predicted octanol–water partition coefficient (Wildman–Crippen LogP) is 3.70.